The van der Waals surface area contributed by atoms with Crippen LogP contribution in [0.1, 0.15) is 6.42 Å². The second-order valence-electron chi connectivity index (χ2n) is 3.63. The van der Waals surface area contributed by atoms with Crippen molar-refractivity contribution in [2.75, 3.05) is 10.5 Å². The summed E-state index contributed by atoms with van der Waals surface area (Å²) in [6, 6.07) is 4.69. The summed E-state index contributed by atoms with van der Waals surface area (Å²) in [5.74, 6) is 0. The number of carbonyl (C=O) groups excluding carboxylic acids is 1. The molecule has 2 rings (SSSR count). The molecule has 96 valence electrons. The first-order valence-corrected chi connectivity index (χ1v) is 5.61. The van der Waals surface area contributed by atoms with Crippen molar-refractivity contribution in [1.29, 1.82) is 0 Å². The van der Waals surface area contributed by atoms with Gasteiger partial charge < -0.3 is 4.74 Å². The van der Waals surface area contributed by atoms with Crippen LogP contribution in [0.4, 0.5) is 16.2 Å². The van der Waals surface area contributed by atoms with Crippen molar-refractivity contribution in [2.24, 2.45) is 0 Å². The van der Waals surface area contributed by atoms with Gasteiger partial charge in [0.25, 0.3) is 0 Å². The van der Waals surface area contributed by atoms with E-state index in [1.165, 1.54) is 11.1 Å². The summed E-state index contributed by atoms with van der Waals surface area (Å²) in [5, 5.41) is 10.7. The average molecular weight is 270 g/mol. The zero-order chi connectivity index (χ0) is 13.1. The van der Waals surface area contributed by atoms with Crippen LogP contribution in [0.2, 0.25) is 5.02 Å². The molecule has 3 N–H and O–H groups in total. The number of rotatable bonds is 4. The molecule has 1 aliphatic rings. The summed E-state index contributed by atoms with van der Waals surface area (Å²) in [6.07, 6.45) is 1.11. The molecule has 6 nitrogen and oxygen atoms in total. The lowest BCUT2D eigenvalue weighted by Gasteiger charge is -2.17. The number of ether oxygens (including phenoxy) is 1. The van der Waals surface area contributed by atoms with E-state index in [1.807, 2.05) is 5.48 Å². The predicted molar refractivity (Wildman–Crippen MR) is 67.6 cm³/mol. The van der Waals surface area contributed by atoms with E-state index in [9.17, 15) is 4.79 Å². The number of benzene rings is 1. The van der Waals surface area contributed by atoms with Crippen LogP contribution < -0.4 is 15.9 Å². The molecular weight excluding hydrogens is 258 g/mol. The summed E-state index contributed by atoms with van der Waals surface area (Å²) >= 11 is 5.80. The largest absolute Gasteiger partial charge is 0.430 e. The zero-order valence-corrected chi connectivity index (χ0v) is 10.1. The normalized spacial score (nSPS) is 18.7. The van der Waals surface area contributed by atoms with E-state index in [0.717, 1.165) is 0 Å². The van der Waals surface area contributed by atoms with E-state index < -0.39 is 12.3 Å². The Hall–Kier alpha value is -1.76. The number of halogens is 1. The van der Waals surface area contributed by atoms with Crippen LogP contribution in [-0.4, -0.2) is 17.5 Å². The third-order valence-corrected chi connectivity index (χ3v) is 2.63. The molecule has 0 bridgehead atoms. The first-order valence-electron chi connectivity index (χ1n) is 5.23. The summed E-state index contributed by atoms with van der Waals surface area (Å²) in [4.78, 5) is 11.7. The number of hydrogen-bond donors (Lipinski definition) is 3. The SMILES string of the molecule is C=CCC1NN(c2ccc(Cl)cc2NO)C(=O)O1. The molecule has 1 unspecified atom stereocenters. The predicted octanol–water partition coefficient (Wildman–Crippen LogP) is 2.50. The van der Waals surface area contributed by atoms with Crippen molar-refractivity contribution in [3.05, 3.63) is 35.9 Å². The molecule has 1 aliphatic heterocycles. The van der Waals surface area contributed by atoms with Crippen molar-refractivity contribution < 1.29 is 14.7 Å². The molecule has 0 spiro atoms. The van der Waals surface area contributed by atoms with Crippen LogP contribution in [0.3, 0.4) is 0 Å². The van der Waals surface area contributed by atoms with Crippen LogP contribution in [-0.2, 0) is 4.74 Å². The maximum atomic E-state index is 11.7. The van der Waals surface area contributed by atoms with Crippen molar-refractivity contribution in [3.8, 4) is 0 Å². The van der Waals surface area contributed by atoms with Crippen molar-refractivity contribution in [3.63, 3.8) is 0 Å². The Kier molecular flexibility index (Phi) is 3.71. The molecule has 0 aliphatic carbocycles. The average Bonchev–Trinajstić information content (AvgIpc) is 2.70. The minimum Gasteiger partial charge on any atom is -0.427 e. The van der Waals surface area contributed by atoms with E-state index in [4.69, 9.17) is 21.5 Å². The highest BCUT2D eigenvalue weighted by Gasteiger charge is 2.32. The van der Waals surface area contributed by atoms with Crippen LogP contribution in [0.15, 0.2) is 30.9 Å². The number of hydrogen-bond acceptors (Lipinski definition) is 5. The van der Waals surface area contributed by atoms with Gasteiger partial charge in [0.2, 0.25) is 0 Å². The van der Waals surface area contributed by atoms with Gasteiger partial charge in [0.1, 0.15) is 0 Å². The summed E-state index contributed by atoms with van der Waals surface area (Å²) in [5.41, 5.74) is 5.55. The highest BCUT2D eigenvalue weighted by molar-refractivity contribution is 6.31. The Balaban J connectivity index is 2.26. The molecule has 1 fully saturated rings. The highest BCUT2D eigenvalue weighted by atomic mass is 35.5. The molecule has 1 aromatic rings. The van der Waals surface area contributed by atoms with Gasteiger partial charge in [-0.2, -0.15) is 5.43 Å². The quantitative estimate of drug-likeness (QED) is 0.578. The van der Waals surface area contributed by atoms with Crippen molar-refractivity contribution in [2.45, 2.75) is 12.6 Å². The van der Waals surface area contributed by atoms with Crippen LogP contribution in [0.25, 0.3) is 0 Å². The number of amides is 1. The van der Waals surface area contributed by atoms with Crippen LogP contribution >= 0.6 is 11.6 Å². The number of anilines is 2. The molecular formula is C11H12ClN3O3. The first kappa shape index (κ1) is 12.7. The Morgan fingerprint density at radius 3 is 3.11 bits per heavy atom. The van der Waals surface area contributed by atoms with Gasteiger partial charge in [-0.15, -0.1) is 6.58 Å². The summed E-state index contributed by atoms with van der Waals surface area (Å²) < 4.78 is 5.06. The second-order valence-corrected chi connectivity index (χ2v) is 4.07. The van der Waals surface area contributed by atoms with Gasteiger partial charge in [-0.25, -0.2) is 9.80 Å². The van der Waals surface area contributed by atoms with Crippen LogP contribution in [0, 0.1) is 0 Å². The Bertz CT molecular complexity index is 481. The monoisotopic (exact) mass is 269 g/mol. The number of nitrogens with one attached hydrogen (secondary N) is 2. The lowest BCUT2D eigenvalue weighted by atomic mass is 10.2. The molecule has 1 aromatic carbocycles. The summed E-state index contributed by atoms with van der Waals surface area (Å²) in [6.45, 7) is 3.57. The summed E-state index contributed by atoms with van der Waals surface area (Å²) in [7, 11) is 0. The van der Waals surface area contributed by atoms with Gasteiger partial charge in [-0.1, -0.05) is 17.7 Å². The van der Waals surface area contributed by atoms with Gasteiger partial charge in [-0.3, -0.25) is 10.7 Å². The second kappa shape index (κ2) is 5.26. The fourth-order valence-electron chi connectivity index (χ4n) is 1.61. The standard InChI is InChI=1S/C11H12ClN3O3/c1-2-3-10-13-15(11(16)18-10)9-5-4-7(12)6-8(9)14-17/h2,4-6,10,13-14,17H,1,3H2. The lowest BCUT2D eigenvalue weighted by Crippen LogP contribution is -2.37. The molecule has 0 aromatic heterocycles. The molecule has 1 amide bonds. The molecule has 0 radical (unpaired) electrons. The smallest absolute Gasteiger partial charge is 0.427 e. The molecule has 1 heterocycles. The third-order valence-electron chi connectivity index (χ3n) is 2.40. The fourth-order valence-corrected chi connectivity index (χ4v) is 1.78. The van der Waals surface area contributed by atoms with Crippen LogP contribution in [0.5, 0.6) is 0 Å². The highest BCUT2D eigenvalue weighted by Crippen LogP contribution is 2.30. The third kappa shape index (κ3) is 2.40. The maximum Gasteiger partial charge on any atom is 0.430 e. The number of hydrazine groups is 1. The Morgan fingerprint density at radius 1 is 1.67 bits per heavy atom. The van der Waals surface area contributed by atoms with Crippen molar-refractivity contribution in [1.82, 2.24) is 5.43 Å². The van der Waals surface area contributed by atoms with Gasteiger partial charge in [0, 0.05) is 11.4 Å². The zero-order valence-electron chi connectivity index (χ0n) is 9.39. The minimum atomic E-state index is -0.555. The number of cyclic esters (lactones) is 1. The first-order chi connectivity index (χ1) is 8.65. The van der Waals surface area contributed by atoms with Gasteiger partial charge >= 0.3 is 6.09 Å². The molecule has 0 saturated carbocycles. The van der Waals surface area contributed by atoms with E-state index in [1.54, 1.807) is 18.2 Å². The maximum absolute atomic E-state index is 11.7. The number of carbonyl (C=O) groups is 1. The molecule has 1 atom stereocenters. The fraction of sp³-hybridized carbons (Fsp3) is 0.182. The number of nitrogens with zero attached hydrogens (tertiary/aromatic N) is 1. The van der Waals surface area contributed by atoms with Gasteiger partial charge in [0.15, 0.2) is 6.23 Å². The van der Waals surface area contributed by atoms with Crippen molar-refractivity contribution >= 4 is 29.1 Å². The Labute approximate surface area is 109 Å². The van der Waals surface area contributed by atoms with Gasteiger partial charge in [0.05, 0.1) is 11.4 Å². The lowest BCUT2D eigenvalue weighted by molar-refractivity contribution is 0.131. The van der Waals surface area contributed by atoms with Gasteiger partial charge in [-0.05, 0) is 18.2 Å². The minimum absolute atomic E-state index is 0.297. The Morgan fingerprint density at radius 2 is 2.44 bits per heavy atom. The van der Waals surface area contributed by atoms with E-state index >= 15 is 0 Å². The van der Waals surface area contributed by atoms with E-state index in [2.05, 4.69) is 12.0 Å². The molecule has 7 heteroatoms. The topological polar surface area (TPSA) is 73.8 Å². The molecule has 18 heavy (non-hydrogen) atoms. The van der Waals surface area contributed by atoms with E-state index in [0.29, 0.717) is 22.8 Å². The molecule has 1 saturated heterocycles. The van der Waals surface area contributed by atoms with E-state index in [-0.39, 0.29) is 0 Å².